The molecule has 1 aliphatic heterocycles. The van der Waals surface area contributed by atoms with Gasteiger partial charge in [0, 0.05) is 31.4 Å². The van der Waals surface area contributed by atoms with Gasteiger partial charge in [-0.1, -0.05) is 23.5 Å². The second-order valence-corrected chi connectivity index (χ2v) is 5.28. The first-order chi connectivity index (χ1) is 9.36. The van der Waals surface area contributed by atoms with Gasteiger partial charge in [0.05, 0.1) is 13.2 Å². The highest BCUT2D eigenvalue weighted by Crippen LogP contribution is 2.30. The van der Waals surface area contributed by atoms with E-state index in [1.165, 1.54) is 0 Å². The molecule has 0 spiro atoms. The Morgan fingerprint density at radius 1 is 1.26 bits per heavy atom. The van der Waals surface area contributed by atoms with Crippen LogP contribution < -0.4 is 10.2 Å². The van der Waals surface area contributed by atoms with Crippen LogP contribution in [0.1, 0.15) is 0 Å². The molecule has 1 fully saturated rings. The predicted octanol–water partition coefficient (Wildman–Crippen LogP) is 2.08. The van der Waals surface area contributed by atoms with Gasteiger partial charge in [0.25, 0.3) is 0 Å². The maximum absolute atomic E-state index is 5.35. The van der Waals surface area contributed by atoms with Gasteiger partial charge in [0.15, 0.2) is 0 Å². The SMILES string of the molecule is CNc1cccc(-c2nnc(N3CCOCC3)s2)c1. The van der Waals surface area contributed by atoms with Crippen molar-refractivity contribution in [2.75, 3.05) is 43.6 Å². The van der Waals surface area contributed by atoms with Crippen molar-refractivity contribution in [1.82, 2.24) is 10.2 Å². The minimum atomic E-state index is 0.768. The zero-order valence-electron chi connectivity index (χ0n) is 10.8. The predicted molar refractivity (Wildman–Crippen MR) is 77.9 cm³/mol. The Hall–Kier alpha value is -1.66. The monoisotopic (exact) mass is 276 g/mol. The summed E-state index contributed by atoms with van der Waals surface area (Å²) in [7, 11) is 1.92. The number of morpholine rings is 1. The van der Waals surface area contributed by atoms with E-state index >= 15 is 0 Å². The Morgan fingerprint density at radius 2 is 2.11 bits per heavy atom. The van der Waals surface area contributed by atoms with E-state index in [1.807, 2.05) is 19.2 Å². The van der Waals surface area contributed by atoms with Crippen LogP contribution in [0.25, 0.3) is 10.6 Å². The second-order valence-electron chi connectivity index (χ2n) is 4.32. The molecule has 0 unspecified atom stereocenters. The van der Waals surface area contributed by atoms with Crippen molar-refractivity contribution in [3.05, 3.63) is 24.3 Å². The van der Waals surface area contributed by atoms with Crippen LogP contribution in [-0.2, 0) is 4.74 Å². The number of rotatable bonds is 3. The summed E-state index contributed by atoms with van der Waals surface area (Å²) in [4.78, 5) is 2.23. The van der Waals surface area contributed by atoms with Gasteiger partial charge in [0.1, 0.15) is 5.01 Å². The van der Waals surface area contributed by atoms with Crippen molar-refractivity contribution in [1.29, 1.82) is 0 Å². The van der Waals surface area contributed by atoms with Gasteiger partial charge in [-0.2, -0.15) is 0 Å². The molecule has 0 saturated carbocycles. The fourth-order valence-electron chi connectivity index (χ4n) is 2.02. The third-order valence-electron chi connectivity index (χ3n) is 3.09. The number of aromatic nitrogens is 2. The maximum atomic E-state index is 5.35. The van der Waals surface area contributed by atoms with Crippen molar-refractivity contribution in [2.24, 2.45) is 0 Å². The molecule has 0 aliphatic carbocycles. The van der Waals surface area contributed by atoms with E-state index in [0.29, 0.717) is 0 Å². The summed E-state index contributed by atoms with van der Waals surface area (Å²) < 4.78 is 5.35. The van der Waals surface area contributed by atoms with Gasteiger partial charge in [-0.05, 0) is 12.1 Å². The molecule has 3 rings (SSSR count). The standard InChI is InChI=1S/C13H16N4OS/c1-14-11-4-2-3-10(9-11)12-15-16-13(19-12)17-5-7-18-8-6-17/h2-4,9,14H,5-8H2,1H3. The van der Waals surface area contributed by atoms with E-state index in [-0.39, 0.29) is 0 Å². The Bertz CT molecular complexity index is 551. The van der Waals surface area contributed by atoms with Crippen LogP contribution in [-0.4, -0.2) is 43.5 Å². The van der Waals surface area contributed by atoms with Crippen LogP contribution in [0.2, 0.25) is 0 Å². The molecular weight excluding hydrogens is 260 g/mol. The number of nitrogens with zero attached hydrogens (tertiary/aromatic N) is 3. The molecule has 0 bridgehead atoms. The van der Waals surface area contributed by atoms with Crippen molar-refractivity contribution in [2.45, 2.75) is 0 Å². The molecular formula is C13H16N4OS. The molecule has 1 aromatic heterocycles. The number of nitrogens with one attached hydrogen (secondary N) is 1. The molecule has 0 radical (unpaired) electrons. The Balaban J connectivity index is 1.83. The molecule has 19 heavy (non-hydrogen) atoms. The molecule has 2 heterocycles. The van der Waals surface area contributed by atoms with Gasteiger partial charge in [0.2, 0.25) is 5.13 Å². The zero-order valence-corrected chi connectivity index (χ0v) is 11.6. The first kappa shape index (κ1) is 12.4. The highest BCUT2D eigenvalue weighted by Gasteiger charge is 2.16. The van der Waals surface area contributed by atoms with Crippen molar-refractivity contribution >= 4 is 22.2 Å². The van der Waals surface area contributed by atoms with Crippen LogP contribution in [0.15, 0.2) is 24.3 Å². The number of anilines is 2. The third-order valence-corrected chi connectivity index (χ3v) is 4.13. The lowest BCUT2D eigenvalue weighted by atomic mass is 10.2. The Morgan fingerprint density at radius 3 is 2.89 bits per heavy atom. The molecule has 1 aromatic carbocycles. The highest BCUT2D eigenvalue weighted by atomic mass is 32.1. The molecule has 5 nitrogen and oxygen atoms in total. The average molecular weight is 276 g/mol. The molecule has 100 valence electrons. The fourth-order valence-corrected chi connectivity index (χ4v) is 2.92. The van der Waals surface area contributed by atoms with Crippen LogP contribution in [0, 0.1) is 0 Å². The summed E-state index contributed by atoms with van der Waals surface area (Å²) in [6.07, 6.45) is 0. The molecule has 0 amide bonds. The fraction of sp³-hybridized carbons (Fsp3) is 0.385. The lowest BCUT2D eigenvalue weighted by Crippen LogP contribution is -2.36. The minimum Gasteiger partial charge on any atom is -0.388 e. The third kappa shape index (κ3) is 2.69. The quantitative estimate of drug-likeness (QED) is 0.930. The number of hydrogen-bond acceptors (Lipinski definition) is 6. The lowest BCUT2D eigenvalue weighted by Gasteiger charge is -2.25. The van der Waals surface area contributed by atoms with E-state index in [2.05, 4.69) is 32.5 Å². The maximum Gasteiger partial charge on any atom is 0.208 e. The van der Waals surface area contributed by atoms with Crippen molar-refractivity contribution in [3.63, 3.8) is 0 Å². The Labute approximate surface area is 116 Å². The van der Waals surface area contributed by atoms with Crippen LogP contribution >= 0.6 is 11.3 Å². The number of ether oxygens (including phenoxy) is 1. The topological polar surface area (TPSA) is 50.3 Å². The number of benzene rings is 1. The minimum absolute atomic E-state index is 0.768. The number of hydrogen-bond donors (Lipinski definition) is 1. The zero-order chi connectivity index (χ0) is 13.1. The van der Waals surface area contributed by atoms with Crippen LogP contribution in [0.4, 0.5) is 10.8 Å². The van der Waals surface area contributed by atoms with E-state index < -0.39 is 0 Å². The largest absolute Gasteiger partial charge is 0.388 e. The van der Waals surface area contributed by atoms with Gasteiger partial charge in [-0.3, -0.25) is 0 Å². The summed E-state index contributed by atoms with van der Waals surface area (Å²) in [5.74, 6) is 0. The normalized spacial score (nSPS) is 15.5. The Kier molecular flexibility index (Phi) is 3.61. The summed E-state index contributed by atoms with van der Waals surface area (Å²) >= 11 is 1.63. The second kappa shape index (κ2) is 5.54. The van der Waals surface area contributed by atoms with E-state index in [0.717, 1.165) is 47.7 Å². The van der Waals surface area contributed by atoms with Crippen LogP contribution in [0.3, 0.4) is 0 Å². The van der Waals surface area contributed by atoms with Gasteiger partial charge >= 0.3 is 0 Å². The van der Waals surface area contributed by atoms with E-state index in [1.54, 1.807) is 11.3 Å². The highest BCUT2D eigenvalue weighted by molar-refractivity contribution is 7.18. The molecule has 0 atom stereocenters. The first-order valence-corrected chi connectivity index (χ1v) is 7.13. The van der Waals surface area contributed by atoms with Crippen molar-refractivity contribution in [3.8, 4) is 10.6 Å². The van der Waals surface area contributed by atoms with Crippen LogP contribution in [0.5, 0.6) is 0 Å². The molecule has 6 heteroatoms. The van der Waals surface area contributed by atoms with Gasteiger partial charge in [-0.25, -0.2) is 0 Å². The smallest absolute Gasteiger partial charge is 0.208 e. The van der Waals surface area contributed by atoms with Crippen molar-refractivity contribution < 1.29 is 4.74 Å². The van der Waals surface area contributed by atoms with Gasteiger partial charge < -0.3 is 15.0 Å². The summed E-state index contributed by atoms with van der Waals surface area (Å²) in [6.45, 7) is 3.32. The molecule has 1 N–H and O–H groups in total. The first-order valence-electron chi connectivity index (χ1n) is 6.31. The summed E-state index contributed by atoms with van der Waals surface area (Å²) in [5, 5.41) is 13.7. The summed E-state index contributed by atoms with van der Waals surface area (Å²) in [5.41, 5.74) is 2.18. The van der Waals surface area contributed by atoms with Gasteiger partial charge in [-0.15, -0.1) is 10.2 Å². The van der Waals surface area contributed by atoms with E-state index in [9.17, 15) is 0 Å². The molecule has 1 aliphatic rings. The van der Waals surface area contributed by atoms with E-state index in [4.69, 9.17) is 4.74 Å². The molecule has 2 aromatic rings. The molecule has 1 saturated heterocycles. The lowest BCUT2D eigenvalue weighted by molar-refractivity contribution is 0.122. The summed E-state index contributed by atoms with van der Waals surface area (Å²) in [6, 6.07) is 8.21. The average Bonchev–Trinajstić information content (AvgIpc) is 2.98.